The Morgan fingerprint density at radius 3 is 2.80 bits per heavy atom. The number of carbonyl (C=O) groups excluding carboxylic acids is 1. The summed E-state index contributed by atoms with van der Waals surface area (Å²) in [6.45, 7) is 0.488. The number of nitrogens with one attached hydrogen (secondary N) is 1. The molecule has 0 radical (unpaired) electrons. The first-order chi connectivity index (χ1) is 9.81. The Morgan fingerprint density at radius 1 is 1.10 bits per heavy atom. The molecule has 0 fully saturated rings. The van der Waals surface area contributed by atoms with Crippen LogP contribution in [0.4, 0.5) is 0 Å². The minimum absolute atomic E-state index is 0.00821. The SMILES string of the molecule is O=C(Cc1ccccc1)NCc1ccc2ncoc2c1. The lowest BCUT2D eigenvalue weighted by atomic mass is 10.1. The number of hydrogen-bond donors (Lipinski definition) is 1. The van der Waals surface area contributed by atoms with E-state index >= 15 is 0 Å². The fourth-order valence-corrected chi connectivity index (χ4v) is 2.05. The van der Waals surface area contributed by atoms with Gasteiger partial charge in [-0.15, -0.1) is 0 Å². The number of carbonyl (C=O) groups is 1. The van der Waals surface area contributed by atoms with Crippen molar-refractivity contribution in [2.45, 2.75) is 13.0 Å². The summed E-state index contributed by atoms with van der Waals surface area (Å²) in [5, 5.41) is 2.90. The first-order valence-electron chi connectivity index (χ1n) is 6.44. The second-order valence-electron chi connectivity index (χ2n) is 4.59. The molecular weight excluding hydrogens is 252 g/mol. The van der Waals surface area contributed by atoms with Gasteiger partial charge in [-0.3, -0.25) is 4.79 Å². The Bertz CT molecular complexity index is 719. The lowest BCUT2D eigenvalue weighted by Gasteiger charge is -2.05. The van der Waals surface area contributed by atoms with Crippen LogP contribution in [0.5, 0.6) is 0 Å². The van der Waals surface area contributed by atoms with E-state index in [4.69, 9.17) is 4.42 Å². The molecule has 0 bridgehead atoms. The molecule has 0 saturated heterocycles. The van der Waals surface area contributed by atoms with Gasteiger partial charge in [-0.2, -0.15) is 0 Å². The minimum atomic E-state index is 0.00821. The second-order valence-corrected chi connectivity index (χ2v) is 4.59. The predicted molar refractivity (Wildman–Crippen MR) is 76.0 cm³/mol. The molecule has 3 aromatic rings. The number of benzene rings is 2. The van der Waals surface area contributed by atoms with E-state index in [0.29, 0.717) is 13.0 Å². The number of nitrogens with zero attached hydrogens (tertiary/aromatic N) is 1. The number of hydrogen-bond acceptors (Lipinski definition) is 3. The Balaban J connectivity index is 1.59. The van der Waals surface area contributed by atoms with Gasteiger partial charge in [0.05, 0.1) is 6.42 Å². The summed E-state index contributed by atoms with van der Waals surface area (Å²) in [5.74, 6) is 0.00821. The average Bonchev–Trinajstić information content (AvgIpc) is 2.93. The second kappa shape index (κ2) is 5.57. The van der Waals surface area contributed by atoms with Gasteiger partial charge in [0.2, 0.25) is 5.91 Å². The van der Waals surface area contributed by atoms with Crippen LogP contribution >= 0.6 is 0 Å². The summed E-state index contributed by atoms with van der Waals surface area (Å²) < 4.78 is 5.24. The summed E-state index contributed by atoms with van der Waals surface area (Å²) in [6.07, 6.45) is 1.81. The first-order valence-corrected chi connectivity index (χ1v) is 6.44. The maximum absolute atomic E-state index is 11.9. The highest BCUT2D eigenvalue weighted by Crippen LogP contribution is 2.14. The zero-order valence-corrected chi connectivity index (χ0v) is 10.9. The van der Waals surface area contributed by atoms with E-state index in [1.807, 2.05) is 48.5 Å². The smallest absolute Gasteiger partial charge is 0.224 e. The highest BCUT2D eigenvalue weighted by Gasteiger charge is 2.04. The highest BCUT2D eigenvalue weighted by atomic mass is 16.3. The summed E-state index contributed by atoms with van der Waals surface area (Å²) in [4.78, 5) is 15.9. The molecule has 0 aliphatic rings. The van der Waals surface area contributed by atoms with E-state index < -0.39 is 0 Å². The van der Waals surface area contributed by atoms with Crippen LogP contribution in [0.2, 0.25) is 0 Å². The molecule has 4 nitrogen and oxygen atoms in total. The molecule has 1 N–H and O–H groups in total. The van der Waals surface area contributed by atoms with Crippen LogP contribution in [0.1, 0.15) is 11.1 Å². The molecule has 0 saturated carbocycles. The normalized spacial score (nSPS) is 10.6. The van der Waals surface area contributed by atoms with Crippen molar-refractivity contribution in [2.75, 3.05) is 0 Å². The zero-order chi connectivity index (χ0) is 13.8. The van der Waals surface area contributed by atoms with Gasteiger partial charge in [0, 0.05) is 6.54 Å². The van der Waals surface area contributed by atoms with Crippen LogP contribution in [0.3, 0.4) is 0 Å². The van der Waals surface area contributed by atoms with Gasteiger partial charge in [-0.05, 0) is 23.3 Å². The summed E-state index contributed by atoms with van der Waals surface area (Å²) in [5.41, 5.74) is 3.57. The number of fused-ring (bicyclic) bond motifs is 1. The van der Waals surface area contributed by atoms with Crippen molar-refractivity contribution in [2.24, 2.45) is 0 Å². The van der Waals surface area contributed by atoms with Crippen LogP contribution in [-0.2, 0) is 17.8 Å². The van der Waals surface area contributed by atoms with Gasteiger partial charge in [0.15, 0.2) is 12.0 Å². The number of aromatic nitrogens is 1. The van der Waals surface area contributed by atoms with Crippen molar-refractivity contribution in [3.63, 3.8) is 0 Å². The molecule has 2 aromatic carbocycles. The van der Waals surface area contributed by atoms with E-state index in [1.165, 1.54) is 6.39 Å². The first kappa shape index (κ1) is 12.4. The molecule has 0 spiro atoms. The van der Waals surface area contributed by atoms with E-state index in [0.717, 1.165) is 22.2 Å². The molecule has 1 heterocycles. The molecule has 1 aromatic heterocycles. The van der Waals surface area contributed by atoms with E-state index in [2.05, 4.69) is 10.3 Å². The van der Waals surface area contributed by atoms with Crippen molar-refractivity contribution < 1.29 is 9.21 Å². The third-order valence-electron chi connectivity index (χ3n) is 3.09. The maximum Gasteiger partial charge on any atom is 0.224 e. The molecule has 0 aliphatic heterocycles. The van der Waals surface area contributed by atoms with Gasteiger partial charge < -0.3 is 9.73 Å². The van der Waals surface area contributed by atoms with Gasteiger partial charge in [0.25, 0.3) is 0 Å². The molecule has 0 unspecified atom stereocenters. The van der Waals surface area contributed by atoms with Gasteiger partial charge in [-0.25, -0.2) is 4.98 Å². The van der Waals surface area contributed by atoms with E-state index in [9.17, 15) is 4.79 Å². The van der Waals surface area contributed by atoms with Gasteiger partial charge >= 0.3 is 0 Å². The van der Waals surface area contributed by atoms with Crippen molar-refractivity contribution >= 4 is 17.0 Å². The molecule has 20 heavy (non-hydrogen) atoms. The fraction of sp³-hybridized carbons (Fsp3) is 0.125. The van der Waals surface area contributed by atoms with Crippen LogP contribution in [-0.4, -0.2) is 10.9 Å². The van der Waals surface area contributed by atoms with Gasteiger partial charge in [0.1, 0.15) is 5.52 Å². The van der Waals surface area contributed by atoms with Gasteiger partial charge in [-0.1, -0.05) is 36.4 Å². The summed E-state index contributed by atoms with van der Waals surface area (Å²) in [7, 11) is 0. The summed E-state index contributed by atoms with van der Waals surface area (Å²) in [6, 6.07) is 15.4. The van der Waals surface area contributed by atoms with E-state index in [1.54, 1.807) is 0 Å². The Hall–Kier alpha value is -2.62. The zero-order valence-electron chi connectivity index (χ0n) is 10.9. The highest BCUT2D eigenvalue weighted by molar-refractivity contribution is 5.78. The van der Waals surface area contributed by atoms with E-state index in [-0.39, 0.29) is 5.91 Å². The minimum Gasteiger partial charge on any atom is -0.443 e. The van der Waals surface area contributed by atoms with Crippen molar-refractivity contribution in [3.05, 3.63) is 66.1 Å². The quantitative estimate of drug-likeness (QED) is 0.790. The third-order valence-corrected chi connectivity index (χ3v) is 3.09. The number of oxazole rings is 1. The lowest BCUT2D eigenvalue weighted by Crippen LogP contribution is -2.24. The monoisotopic (exact) mass is 266 g/mol. The van der Waals surface area contributed by atoms with Crippen LogP contribution in [0.25, 0.3) is 11.1 Å². The molecule has 4 heteroatoms. The largest absolute Gasteiger partial charge is 0.443 e. The topological polar surface area (TPSA) is 55.1 Å². The Morgan fingerprint density at radius 2 is 1.95 bits per heavy atom. The maximum atomic E-state index is 11.9. The predicted octanol–water partition coefficient (Wildman–Crippen LogP) is 2.69. The molecule has 1 amide bonds. The average molecular weight is 266 g/mol. The van der Waals surface area contributed by atoms with Crippen molar-refractivity contribution in [1.82, 2.24) is 10.3 Å². The Kier molecular flexibility index (Phi) is 3.46. The van der Waals surface area contributed by atoms with Crippen molar-refractivity contribution in [3.8, 4) is 0 Å². The molecule has 3 rings (SSSR count). The lowest BCUT2D eigenvalue weighted by molar-refractivity contribution is -0.120. The van der Waals surface area contributed by atoms with Crippen LogP contribution in [0.15, 0.2) is 59.3 Å². The molecule has 0 aliphatic carbocycles. The summed E-state index contributed by atoms with van der Waals surface area (Å²) >= 11 is 0. The third kappa shape index (κ3) is 2.85. The van der Waals surface area contributed by atoms with Crippen LogP contribution in [0, 0.1) is 0 Å². The molecule has 100 valence electrons. The fourth-order valence-electron chi connectivity index (χ4n) is 2.05. The number of rotatable bonds is 4. The van der Waals surface area contributed by atoms with Crippen LogP contribution < -0.4 is 5.32 Å². The standard InChI is InChI=1S/C16H14N2O2/c19-16(9-12-4-2-1-3-5-12)17-10-13-6-7-14-15(8-13)20-11-18-14/h1-8,11H,9-10H2,(H,17,19). The number of amides is 1. The van der Waals surface area contributed by atoms with Crippen molar-refractivity contribution in [1.29, 1.82) is 0 Å². The Labute approximate surface area is 116 Å². The molecule has 0 atom stereocenters. The molecular formula is C16H14N2O2.